The van der Waals surface area contributed by atoms with E-state index in [-0.39, 0.29) is 5.91 Å². The molecule has 4 rings (SSSR count). The van der Waals surface area contributed by atoms with Gasteiger partial charge in [-0.05, 0) is 52.7 Å². The summed E-state index contributed by atoms with van der Waals surface area (Å²) in [5, 5.41) is 0. The van der Waals surface area contributed by atoms with Gasteiger partial charge < -0.3 is 14.4 Å². The SMILES string of the molecule is O=C(NNC(=O)C1CCN(c2ccccc2Br)C1=O)c1ccc2c(c1)OCCO2. The minimum absolute atomic E-state index is 0.303. The van der Waals surface area contributed by atoms with Crippen LogP contribution in [-0.2, 0) is 9.59 Å². The average Bonchev–Trinajstić information content (AvgIpc) is 3.13. The Bertz CT molecular complexity index is 980. The highest BCUT2D eigenvalue weighted by Crippen LogP contribution is 2.32. The van der Waals surface area contributed by atoms with Crippen molar-refractivity contribution >= 4 is 39.3 Å². The molecule has 9 heteroatoms. The van der Waals surface area contributed by atoms with Gasteiger partial charge in [-0.25, -0.2) is 0 Å². The predicted molar refractivity (Wildman–Crippen MR) is 108 cm³/mol. The van der Waals surface area contributed by atoms with Crippen LogP contribution >= 0.6 is 15.9 Å². The second-order valence-corrected chi connectivity index (χ2v) is 7.44. The number of nitrogens with zero attached hydrogens (tertiary/aromatic N) is 1. The number of amides is 3. The van der Waals surface area contributed by atoms with Crippen LogP contribution < -0.4 is 25.2 Å². The zero-order chi connectivity index (χ0) is 20.4. The minimum Gasteiger partial charge on any atom is -0.486 e. The Kier molecular flexibility index (Phi) is 5.39. The standard InChI is InChI=1S/C20H18BrN3O5/c21-14-3-1-2-4-15(14)24-8-7-13(20(24)27)19(26)23-22-18(25)12-5-6-16-17(11-12)29-10-9-28-16/h1-6,11,13H,7-10H2,(H,22,25)(H,23,26). The first-order chi connectivity index (χ1) is 14.0. The zero-order valence-corrected chi connectivity index (χ0v) is 16.9. The second kappa shape index (κ2) is 8.12. The minimum atomic E-state index is -0.859. The number of ether oxygens (including phenoxy) is 2. The molecule has 0 spiro atoms. The number of benzene rings is 2. The van der Waals surface area contributed by atoms with Crippen molar-refractivity contribution in [2.24, 2.45) is 5.92 Å². The van der Waals surface area contributed by atoms with Crippen molar-refractivity contribution in [3.63, 3.8) is 0 Å². The van der Waals surface area contributed by atoms with Crippen molar-refractivity contribution in [2.75, 3.05) is 24.7 Å². The van der Waals surface area contributed by atoms with E-state index in [2.05, 4.69) is 26.8 Å². The summed E-state index contributed by atoms with van der Waals surface area (Å²) in [5.41, 5.74) is 5.73. The van der Waals surface area contributed by atoms with Crippen LogP contribution in [0.25, 0.3) is 0 Å². The van der Waals surface area contributed by atoms with Crippen LogP contribution in [0.5, 0.6) is 11.5 Å². The number of fused-ring (bicyclic) bond motifs is 1. The highest BCUT2D eigenvalue weighted by molar-refractivity contribution is 9.10. The lowest BCUT2D eigenvalue weighted by atomic mass is 10.1. The molecule has 0 saturated carbocycles. The number of hydrogen-bond donors (Lipinski definition) is 2. The molecule has 2 aliphatic rings. The molecule has 1 atom stereocenters. The predicted octanol–water partition coefficient (Wildman–Crippen LogP) is 2.03. The summed E-state index contributed by atoms with van der Waals surface area (Å²) in [4.78, 5) is 39.0. The van der Waals surface area contributed by atoms with Crippen LogP contribution in [-0.4, -0.2) is 37.5 Å². The van der Waals surface area contributed by atoms with E-state index in [4.69, 9.17) is 9.47 Å². The summed E-state index contributed by atoms with van der Waals surface area (Å²) in [5.74, 6) is -1.17. The molecule has 0 bridgehead atoms. The van der Waals surface area contributed by atoms with E-state index < -0.39 is 17.7 Å². The van der Waals surface area contributed by atoms with Crippen LogP contribution in [0, 0.1) is 5.92 Å². The molecule has 2 aromatic carbocycles. The van der Waals surface area contributed by atoms with E-state index in [0.717, 1.165) is 4.47 Å². The summed E-state index contributed by atoms with van der Waals surface area (Å²) < 4.78 is 11.6. The molecule has 8 nitrogen and oxygen atoms in total. The number of rotatable bonds is 3. The van der Waals surface area contributed by atoms with Gasteiger partial charge in [0.25, 0.3) is 11.8 Å². The van der Waals surface area contributed by atoms with Crippen LogP contribution in [0.2, 0.25) is 0 Å². The number of para-hydroxylation sites is 1. The first kappa shape index (κ1) is 19.3. The maximum absolute atomic E-state index is 12.7. The van der Waals surface area contributed by atoms with E-state index in [1.807, 2.05) is 24.3 Å². The molecular formula is C20H18BrN3O5. The fourth-order valence-electron chi connectivity index (χ4n) is 3.30. The Morgan fingerprint density at radius 1 is 1.03 bits per heavy atom. The molecule has 1 unspecified atom stereocenters. The third-order valence-electron chi connectivity index (χ3n) is 4.77. The molecule has 0 aliphatic carbocycles. The quantitative estimate of drug-likeness (QED) is 0.540. The maximum atomic E-state index is 12.7. The highest BCUT2D eigenvalue weighted by atomic mass is 79.9. The Hall–Kier alpha value is -3.07. The number of hydrogen-bond acceptors (Lipinski definition) is 5. The average molecular weight is 460 g/mol. The van der Waals surface area contributed by atoms with Gasteiger partial charge in [-0.1, -0.05) is 12.1 Å². The first-order valence-corrected chi connectivity index (χ1v) is 9.89. The molecule has 2 aliphatic heterocycles. The van der Waals surface area contributed by atoms with Crippen LogP contribution in [0.1, 0.15) is 16.8 Å². The molecule has 150 valence electrons. The van der Waals surface area contributed by atoms with Crippen molar-refractivity contribution in [1.29, 1.82) is 0 Å². The Balaban J connectivity index is 1.37. The number of carbonyl (C=O) groups is 3. The molecule has 1 saturated heterocycles. The van der Waals surface area contributed by atoms with Gasteiger partial charge in [-0.3, -0.25) is 25.2 Å². The monoisotopic (exact) mass is 459 g/mol. The van der Waals surface area contributed by atoms with Gasteiger partial charge in [-0.15, -0.1) is 0 Å². The van der Waals surface area contributed by atoms with Gasteiger partial charge >= 0.3 is 0 Å². The maximum Gasteiger partial charge on any atom is 0.269 e. The zero-order valence-electron chi connectivity index (χ0n) is 15.3. The summed E-state index contributed by atoms with van der Waals surface area (Å²) in [6.45, 7) is 1.29. The third kappa shape index (κ3) is 3.91. The smallest absolute Gasteiger partial charge is 0.269 e. The van der Waals surface area contributed by atoms with E-state index in [9.17, 15) is 14.4 Å². The molecule has 29 heavy (non-hydrogen) atoms. The molecular weight excluding hydrogens is 442 g/mol. The highest BCUT2D eigenvalue weighted by Gasteiger charge is 2.38. The number of nitrogens with one attached hydrogen (secondary N) is 2. The van der Waals surface area contributed by atoms with Gasteiger partial charge in [0.05, 0.1) is 5.69 Å². The van der Waals surface area contributed by atoms with Crippen molar-refractivity contribution in [1.82, 2.24) is 10.9 Å². The molecule has 0 aromatic heterocycles. The topological polar surface area (TPSA) is 97.0 Å². The van der Waals surface area contributed by atoms with Crippen molar-refractivity contribution < 1.29 is 23.9 Å². The van der Waals surface area contributed by atoms with Crippen molar-refractivity contribution in [3.05, 3.63) is 52.5 Å². The molecule has 2 heterocycles. The lowest BCUT2D eigenvalue weighted by Gasteiger charge is -2.19. The van der Waals surface area contributed by atoms with Gasteiger partial charge in [0, 0.05) is 16.6 Å². The molecule has 1 fully saturated rings. The number of anilines is 1. The second-order valence-electron chi connectivity index (χ2n) is 6.58. The largest absolute Gasteiger partial charge is 0.486 e. The number of hydrazine groups is 1. The first-order valence-electron chi connectivity index (χ1n) is 9.10. The van der Waals surface area contributed by atoms with Gasteiger partial charge in [-0.2, -0.15) is 0 Å². The van der Waals surface area contributed by atoms with E-state index in [0.29, 0.717) is 48.9 Å². The van der Waals surface area contributed by atoms with Crippen molar-refractivity contribution in [3.8, 4) is 11.5 Å². The molecule has 0 radical (unpaired) electrons. The van der Waals surface area contributed by atoms with E-state index >= 15 is 0 Å². The fourth-order valence-corrected chi connectivity index (χ4v) is 3.79. The molecule has 3 amide bonds. The molecule has 2 aromatic rings. The van der Waals surface area contributed by atoms with E-state index in [1.54, 1.807) is 23.1 Å². The Morgan fingerprint density at radius 2 is 1.79 bits per heavy atom. The number of halogens is 1. The summed E-state index contributed by atoms with van der Waals surface area (Å²) in [6, 6.07) is 12.1. The fraction of sp³-hybridized carbons (Fsp3) is 0.250. The lowest BCUT2D eigenvalue weighted by molar-refractivity contribution is -0.132. The summed E-state index contributed by atoms with van der Waals surface area (Å²) >= 11 is 3.42. The Labute approximate surface area is 175 Å². The van der Waals surface area contributed by atoms with E-state index in [1.165, 1.54) is 0 Å². The van der Waals surface area contributed by atoms with Crippen LogP contribution in [0.3, 0.4) is 0 Å². The molecule has 2 N–H and O–H groups in total. The summed E-state index contributed by atoms with van der Waals surface area (Å²) in [7, 11) is 0. The van der Waals surface area contributed by atoms with Gasteiger partial charge in [0.2, 0.25) is 5.91 Å². The van der Waals surface area contributed by atoms with Crippen molar-refractivity contribution in [2.45, 2.75) is 6.42 Å². The van der Waals surface area contributed by atoms with Crippen LogP contribution in [0.4, 0.5) is 5.69 Å². The summed E-state index contributed by atoms with van der Waals surface area (Å²) in [6.07, 6.45) is 0.367. The normalized spacial score (nSPS) is 17.8. The number of carbonyl (C=O) groups excluding carboxylic acids is 3. The third-order valence-corrected chi connectivity index (χ3v) is 5.44. The lowest BCUT2D eigenvalue weighted by Crippen LogP contribution is -2.46. The Morgan fingerprint density at radius 3 is 2.59 bits per heavy atom. The van der Waals surface area contributed by atoms with Gasteiger partial charge in [0.15, 0.2) is 11.5 Å². The van der Waals surface area contributed by atoms with Crippen LogP contribution in [0.15, 0.2) is 46.9 Å². The van der Waals surface area contributed by atoms with Gasteiger partial charge in [0.1, 0.15) is 19.1 Å².